The molecule has 1 aromatic heterocycles. The molecule has 0 radical (unpaired) electrons. The molecule has 0 saturated heterocycles. The first kappa shape index (κ1) is 22.5. The van der Waals surface area contributed by atoms with Crippen LogP contribution in [0.5, 0.6) is 0 Å². The summed E-state index contributed by atoms with van der Waals surface area (Å²) >= 11 is 12.9. The summed E-state index contributed by atoms with van der Waals surface area (Å²) in [7, 11) is -3.71. The van der Waals surface area contributed by atoms with E-state index in [2.05, 4.69) is 17.2 Å². The van der Waals surface area contributed by atoms with Gasteiger partial charge in [-0.2, -0.15) is 4.31 Å². The van der Waals surface area contributed by atoms with Crippen LogP contribution in [0.4, 0.5) is 5.13 Å². The van der Waals surface area contributed by atoms with Crippen LogP contribution in [0.3, 0.4) is 0 Å². The van der Waals surface area contributed by atoms with E-state index in [9.17, 15) is 13.2 Å². The van der Waals surface area contributed by atoms with Gasteiger partial charge in [0.15, 0.2) is 5.13 Å². The molecule has 3 rings (SSSR count). The molecule has 1 unspecified atom stereocenters. The number of alkyl halides is 2. The van der Waals surface area contributed by atoms with Crippen molar-refractivity contribution in [3.05, 3.63) is 40.4 Å². The minimum Gasteiger partial charge on any atom is -0.298 e. The highest BCUT2D eigenvalue weighted by atomic mass is 35.5. The lowest BCUT2D eigenvalue weighted by atomic mass is 9.93. The second kappa shape index (κ2) is 9.75. The number of aromatic nitrogens is 1. The Balaban J connectivity index is 1.72. The first-order chi connectivity index (χ1) is 13.8. The van der Waals surface area contributed by atoms with E-state index in [-0.39, 0.29) is 35.7 Å². The summed E-state index contributed by atoms with van der Waals surface area (Å²) in [6, 6.07) is 5.84. The van der Waals surface area contributed by atoms with Crippen LogP contribution in [0.15, 0.2) is 29.2 Å². The van der Waals surface area contributed by atoms with Crippen molar-refractivity contribution < 1.29 is 13.2 Å². The van der Waals surface area contributed by atoms with Crippen LogP contribution in [0.1, 0.15) is 34.3 Å². The molecule has 2 aromatic rings. The van der Waals surface area contributed by atoms with Crippen molar-refractivity contribution in [2.75, 3.05) is 30.2 Å². The van der Waals surface area contributed by atoms with Gasteiger partial charge in [-0.25, -0.2) is 13.4 Å². The molecule has 1 aliphatic rings. The highest BCUT2D eigenvalue weighted by molar-refractivity contribution is 7.89. The first-order valence-electron chi connectivity index (χ1n) is 9.37. The lowest BCUT2D eigenvalue weighted by Crippen LogP contribution is -2.34. The number of hydrogen-bond acceptors (Lipinski definition) is 5. The van der Waals surface area contributed by atoms with Crippen molar-refractivity contribution in [3.63, 3.8) is 0 Å². The van der Waals surface area contributed by atoms with Gasteiger partial charge in [-0.15, -0.1) is 34.5 Å². The van der Waals surface area contributed by atoms with Crippen LogP contribution in [0.25, 0.3) is 0 Å². The van der Waals surface area contributed by atoms with Gasteiger partial charge in [0.05, 0.1) is 10.6 Å². The van der Waals surface area contributed by atoms with E-state index in [1.165, 1.54) is 44.8 Å². The Kier molecular flexibility index (Phi) is 7.56. The molecular formula is C19H23Cl2N3O3S2. The zero-order valence-electron chi connectivity index (χ0n) is 16.0. The molecule has 0 bridgehead atoms. The number of thiazole rings is 1. The Hall–Kier alpha value is -1.19. The number of nitrogens with zero attached hydrogens (tertiary/aromatic N) is 2. The van der Waals surface area contributed by atoms with Gasteiger partial charge in [-0.05, 0) is 49.4 Å². The van der Waals surface area contributed by atoms with Gasteiger partial charge in [-0.1, -0.05) is 6.92 Å². The number of anilines is 1. The predicted molar refractivity (Wildman–Crippen MR) is 118 cm³/mol. The fourth-order valence-corrected chi connectivity index (χ4v) is 6.45. The van der Waals surface area contributed by atoms with Gasteiger partial charge < -0.3 is 0 Å². The van der Waals surface area contributed by atoms with Gasteiger partial charge in [0.25, 0.3) is 5.91 Å². The second-order valence-electron chi connectivity index (χ2n) is 7.00. The zero-order valence-corrected chi connectivity index (χ0v) is 19.2. The Bertz CT molecular complexity index is 956. The van der Waals surface area contributed by atoms with Crippen LogP contribution in [0, 0.1) is 5.92 Å². The molecule has 158 valence electrons. The van der Waals surface area contributed by atoms with Crippen LogP contribution in [0.2, 0.25) is 0 Å². The normalized spacial score (nSPS) is 16.6. The molecule has 1 heterocycles. The van der Waals surface area contributed by atoms with Crippen molar-refractivity contribution >= 4 is 55.6 Å². The maximum absolute atomic E-state index is 12.7. The van der Waals surface area contributed by atoms with Crippen molar-refractivity contribution in [2.24, 2.45) is 5.92 Å². The molecule has 1 amide bonds. The van der Waals surface area contributed by atoms with Crippen LogP contribution >= 0.6 is 34.5 Å². The average molecular weight is 476 g/mol. The highest BCUT2D eigenvalue weighted by Gasteiger charge is 2.24. The lowest BCUT2D eigenvalue weighted by Gasteiger charge is -2.20. The molecule has 0 saturated carbocycles. The molecule has 10 heteroatoms. The lowest BCUT2D eigenvalue weighted by molar-refractivity contribution is 0.102. The number of carbonyl (C=O) groups is 1. The third kappa shape index (κ3) is 5.30. The largest absolute Gasteiger partial charge is 0.298 e. The summed E-state index contributed by atoms with van der Waals surface area (Å²) < 4.78 is 26.7. The van der Waals surface area contributed by atoms with Crippen molar-refractivity contribution in [3.8, 4) is 0 Å². The molecule has 1 aliphatic carbocycles. The highest BCUT2D eigenvalue weighted by Crippen LogP contribution is 2.32. The topological polar surface area (TPSA) is 79.4 Å². The number of rotatable bonds is 8. The van der Waals surface area contributed by atoms with Crippen LogP contribution < -0.4 is 5.32 Å². The average Bonchev–Trinajstić information content (AvgIpc) is 3.09. The number of halogens is 2. The van der Waals surface area contributed by atoms with Gasteiger partial charge >= 0.3 is 0 Å². The minimum absolute atomic E-state index is 0.1000. The summed E-state index contributed by atoms with van der Waals surface area (Å²) in [4.78, 5) is 18.4. The smallest absolute Gasteiger partial charge is 0.257 e. The number of sulfonamides is 1. The summed E-state index contributed by atoms with van der Waals surface area (Å²) in [6.07, 6.45) is 3.05. The van der Waals surface area contributed by atoms with Gasteiger partial charge in [0.1, 0.15) is 0 Å². The second-order valence-corrected chi connectivity index (χ2v) is 10.8. The summed E-state index contributed by atoms with van der Waals surface area (Å²) in [5.74, 6) is 0.671. The standard InChI is InChI=1S/C19H23Cl2N3O3S2/c1-13-2-7-16-17(12-13)28-19(22-16)23-18(25)14-3-5-15(6-4-14)29(26,27)24(10-8-20)11-9-21/h3-6,13H,2,7-12H2,1H3,(H,22,23,25). The van der Waals surface area contributed by atoms with E-state index in [4.69, 9.17) is 23.2 Å². The third-order valence-electron chi connectivity index (χ3n) is 4.83. The molecule has 1 N–H and O–H groups in total. The van der Waals surface area contributed by atoms with Crippen molar-refractivity contribution in [2.45, 2.75) is 31.1 Å². The monoisotopic (exact) mass is 475 g/mol. The number of amides is 1. The summed E-state index contributed by atoms with van der Waals surface area (Å²) in [5.41, 5.74) is 1.44. The van der Waals surface area contributed by atoms with E-state index in [0.29, 0.717) is 16.6 Å². The van der Waals surface area contributed by atoms with Crippen LogP contribution in [-0.4, -0.2) is 48.5 Å². The molecule has 6 nitrogen and oxygen atoms in total. The number of carbonyl (C=O) groups excluding carboxylic acids is 1. The van der Waals surface area contributed by atoms with Crippen molar-refractivity contribution in [1.82, 2.24) is 9.29 Å². The van der Waals surface area contributed by atoms with E-state index in [1.807, 2.05) is 0 Å². The molecule has 29 heavy (non-hydrogen) atoms. The van der Waals surface area contributed by atoms with E-state index < -0.39 is 10.0 Å². The third-order valence-corrected chi connectivity index (χ3v) is 8.11. The number of hydrogen-bond donors (Lipinski definition) is 1. The summed E-state index contributed by atoms with van der Waals surface area (Å²) in [5, 5.41) is 3.41. The fourth-order valence-electron chi connectivity index (χ4n) is 3.23. The van der Waals surface area contributed by atoms with E-state index >= 15 is 0 Å². The SMILES string of the molecule is CC1CCc2nc(NC(=O)c3ccc(S(=O)(=O)N(CCCl)CCCl)cc3)sc2C1. The zero-order chi connectivity index (χ0) is 21.0. The molecule has 1 atom stereocenters. The first-order valence-corrected chi connectivity index (χ1v) is 12.7. The Labute approximate surface area is 185 Å². The number of fused-ring (bicyclic) bond motifs is 1. The molecular weight excluding hydrogens is 453 g/mol. The Morgan fingerprint density at radius 2 is 1.90 bits per heavy atom. The molecule has 1 aromatic carbocycles. The van der Waals surface area contributed by atoms with Crippen LogP contribution in [-0.2, 0) is 22.9 Å². The van der Waals surface area contributed by atoms with Gasteiger partial charge in [0.2, 0.25) is 10.0 Å². The minimum atomic E-state index is -3.71. The number of nitrogens with one attached hydrogen (secondary N) is 1. The van der Waals surface area contributed by atoms with E-state index in [1.54, 1.807) is 0 Å². The molecule has 0 spiro atoms. The maximum Gasteiger partial charge on any atom is 0.257 e. The fraction of sp³-hybridized carbons (Fsp3) is 0.474. The molecule has 0 fully saturated rings. The Morgan fingerprint density at radius 3 is 2.52 bits per heavy atom. The maximum atomic E-state index is 12.7. The van der Waals surface area contributed by atoms with E-state index in [0.717, 1.165) is 25.0 Å². The number of aryl methyl sites for hydroxylation is 1. The summed E-state index contributed by atoms with van der Waals surface area (Å²) in [6.45, 7) is 2.57. The number of benzene rings is 1. The van der Waals surface area contributed by atoms with Gasteiger partial charge in [-0.3, -0.25) is 10.1 Å². The predicted octanol–water partition coefficient (Wildman–Crippen LogP) is 3.99. The quantitative estimate of drug-likeness (QED) is 0.585. The van der Waals surface area contributed by atoms with Crippen molar-refractivity contribution in [1.29, 1.82) is 0 Å². The van der Waals surface area contributed by atoms with Gasteiger partial charge in [0, 0.05) is 35.3 Å². The molecule has 0 aliphatic heterocycles. The Morgan fingerprint density at radius 1 is 1.24 bits per heavy atom.